The molecule has 0 aliphatic heterocycles. The zero-order valence-corrected chi connectivity index (χ0v) is 13.7. The molecule has 19 heavy (non-hydrogen) atoms. The van der Waals surface area contributed by atoms with E-state index in [-0.39, 0.29) is 6.04 Å². The fourth-order valence-electron chi connectivity index (χ4n) is 1.76. The Kier molecular flexibility index (Phi) is 4.95. The quantitative estimate of drug-likeness (QED) is 0.824. The first-order valence-electron chi connectivity index (χ1n) is 5.72. The monoisotopic (exact) mass is 388 g/mol. The van der Waals surface area contributed by atoms with Crippen LogP contribution in [0.25, 0.3) is 0 Å². The van der Waals surface area contributed by atoms with E-state index in [9.17, 15) is 0 Å². The van der Waals surface area contributed by atoms with Gasteiger partial charge in [-0.1, -0.05) is 15.9 Å². The van der Waals surface area contributed by atoms with Crippen LogP contribution in [0.1, 0.15) is 24.4 Å². The van der Waals surface area contributed by atoms with E-state index in [4.69, 9.17) is 4.74 Å². The molecule has 2 N–H and O–H groups in total. The summed E-state index contributed by atoms with van der Waals surface area (Å²) in [5, 5.41) is 10.1. The van der Waals surface area contributed by atoms with Crippen LogP contribution in [0.4, 0.5) is 0 Å². The van der Waals surface area contributed by atoms with Crippen LogP contribution in [0.3, 0.4) is 0 Å². The lowest BCUT2D eigenvalue weighted by Gasteiger charge is -2.15. The molecule has 0 amide bonds. The third-order valence-electron chi connectivity index (χ3n) is 2.73. The maximum atomic E-state index is 5.41. The Labute approximate surface area is 128 Å². The predicted octanol–water partition coefficient (Wildman–Crippen LogP) is 3.19. The van der Waals surface area contributed by atoms with Crippen LogP contribution < -0.4 is 10.1 Å². The number of methoxy groups -OCH3 is 1. The van der Waals surface area contributed by atoms with Gasteiger partial charge in [-0.05, 0) is 35.0 Å². The molecule has 0 aliphatic rings. The molecule has 0 spiro atoms. The van der Waals surface area contributed by atoms with E-state index in [2.05, 4.69) is 52.4 Å². The normalized spacial score (nSPS) is 12.4. The van der Waals surface area contributed by atoms with Gasteiger partial charge in [0, 0.05) is 16.6 Å². The van der Waals surface area contributed by atoms with Crippen LogP contribution in [0.2, 0.25) is 0 Å². The molecule has 1 unspecified atom stereocenters. The first-order chi connectivity index (χ1) is 9.11. The highest BCUT2D eigenvalue weighted by Crippen LogP contribution is 2.32. The third-order valence-corrected chi connectivity index (χ3v) is 3.78. The van der Waals surface area contributed by atoms with Crippen molar-refractivity contribution in [2.75, 3.05) is 7.11 Å². The zero-order chi connectivity index (χ0) is 13.8. The summed E-state index contributed by atoms with van der Waals surface area (Å²) in [5.74, 6) is 1.65. The fourth-order valence-corrected chi connectivity index (χ4v) is 3.23. The van der Waals surface area contributed by atoms with E-state index in [0.29, 0.717) is 6.54 Å². The van der Waals surface area contributed by atoms with E-state index >= 15 is 0 Å². The van der Waals surface area contributed by atoms with Gasteiger partial charge in [0.25, 0.3) is 0 Å². The smallest absolute Gasteiger partial charge is 0.141 e. The summed E-state index contributed by atoms with van der Waals surface area (Å²) in [5.41, 5.74) is 1.06. The number of benzene rings is 1. The van der Waals surface area contributed by atoms with Crippen LogP contribution in [0, 0.1) is 0 Å². The summed E-state index contributed by atoms with van der Waals surface area (Å²) in [7, 11) is 1.66. The van der Waals surface area contributed by atoms with Gasteiger partial charge in [-0.25, -0.2) is 4.98 Å². The van der Waals surface area contributed by atoms with Gasteiger partial charge in [-0.15, -0.1) is 0 Å². The SMILES string of the molecule is COc1c(Br)cc(Br)cc1CNC(C)c1ncn[nH]1. The van der Waals surface area contributed by atoms with Crippen molar-refractivity contribution in [1.82, 2.24) is 20.5 Å². The lowest BCUT2D eigenvalue weighted by molar-refractivity contribution is 0.403. The Balaban J connectivity index is 2.11. The topological polar surface area (TPSA) is 62.8 Å². The molecule has 7 heteroatoms. The van der Waals surface area contributed by atoms with Gasteiger partial charge >= 0.3 is 0 Å². The molecule has 0 saturated heterocycles. The number of aromatic nitrogens is 3. The highest BCUT2D eigenvalue weighted by atomic mass is 79.9. The average molecular weight is 390 g/mol. The number of hydrogen-bond donors (Lipinski definition) is 2. The molecule has 0 aliphatic carbocycles. The summed E-state index contributed by atoms with van der Waals surface area (Å²) in [6, 6.07) is 4.08. The summed E-state index contributed by atoms with van der Waals surface area (Å²) < 4.78 is 7.34. The van der Waals surface area contributed by atoms with Crippen molar-refractivity contribution < 1.29 is 4.74 Å². The lowest BCUT2D eigenvalue weighted by Crippen LogP contribution is -2.19. The second kappa shape index (κ2) is 6.49. The Bertz CT molecular complexity index is 545. The van der Waals surface area contributed by atoms with E-state index in [1.165, 1.54) is 6.33 Å². The molecule has 1 heterocycles. The van der Waals surface area contributed by atoms with Crippen molar-refractivity contribution in [3.8, 4) is 5.75 Å². The van der Waals surface area contributed by atoms with Crippen LogP contribution >= 0.6 is 31.9 Å². The first kappa shape index (κ1) is 14.5. The summed E-state index contributed by atoms with van der Waals surface area (Å²) in [4.78, 5) is 4.13. The zero-order valence-electron chi connectivity index (χ0n) is 10.6. The molecule has 0 radical (unpaired) electrons. The second-order valence-corrected chi connectivity index (χ2v) is 5.82. The van der Waals surface area contributed by atoms with E-state index in [1.807, 2.05) is 19.1 Å². The summed E-state index contributed by atoms with van der Waals surface area (Å²) in [6.45, 7) is 2.70. The van der Waals surface area contributed by atoms with Crippen molar-refractivity contribution in [3.05, 3.63) is 38.8 Å². The molecule has 5 nitrogen and oxygen atoms in total. The Morgan fingerprint density at radius 1 is 1.42 bits per heavy atom. The number of hydrogen-bond acceptors (Lipinski definition) is 4. The Hall–Kier alpha value is -0.920. The van der Waals surface area contributed by atoms with E-state index < -0.39 is 0 Å². The molecule has 102 valence electrons. The third kappa shape index (κ3) is 3.55. The molecule has 0 fully saturated rings. The number of nitrogens with zero attached hydrogens (tertiary/aromatic N) is 2. The highest BCUT2D eigenvalue weighted by molar-refractivity contribution is 9.11. The van der Waals surface area contributed by atoms with Crippen LogP contribution in [0.15, 0.2) is 27.4 Å². The number of halogens is 2. The van der Waals surface area contributed by atoms with Crippen molar-refractivity contribution in [2.45, 2.75) is 19.5 Å². The van der Waals surface area contributed by atoms with Gasteiger partial charge in [0.1, 0.15) is 17.9 Å². The number of ether oxygens (including phenoxy) is 1. The molecule has 0 saturated carbocycles. The van der Waals surface area contributed by atoms with Crippen molar-refractivity contribution >= 4 is 31.9 Å². The molecule has 2 aromatic rings. The Morgan fingerprint density at radius 3 is 2.84 bits per heavy atom. The van der Waals surface area contributed by atoms with Crippen LogP contribution in [-0.2, 0) is 6.54 Å². The molecule has 0 bridgehead atoms. The van der Waals surface area contributed by atoms with Gasteiger partial charge in [0.15, 0.2) is 0 Å². The minimum atomic E-state index is 0.0879. The predicted molar refractivity (Wildman–Crippen MR) is 80.0 cm³/mol. The largest absolute Gasteiger partial charge is 0.495 e. The van der Waals surface area contributed by atoms with Gasteiger partial charge < -0.3 is 10.1 Å². The van der Waals surface area contributed by atoms with Gasteiger partial charge in [0.05, 0.1) is 17.6 Å². The average Bonchev–Trinajstić information content (AvgIpc) is 2.89. The van der Waals surface area contributed by atoms with Crippen molar-refractivity contribution in [1.29, 1.82) is 0 Å². The van der Waals surface area contributed by atoms with Crippen molar-refractivity contribution in [3.63, 3.8) is 0 Å². The van der Waals surface area contributed by atoms with Gasteiger partial charge in [0.2, 0.25) is 0 Å². The second-order valence-electron chi connectivity index (χ2n) is 4.05. The van der Waals surface area contributed by atoms with Gasteiger partial charge in [-0.3, -0.25) is 5.10 Å². The fraction of sp³-hybridized carbons (Fsp3) is 0.333. The minimum Gasteiger partial charge on any atom is -0.495 e. The van der Waals surface area contributed by atoms with E-state index in [1.54, 1.807) is 7.11 Å². The number of nitrogens with one attached hydrogen (secondary N) is 2. The van der Waals surface area contributed by atoms with Crippen molar-refractivity contribution in [2.24, 2.45) is 0 Å². The maximum absolute atomic E-state index is 5.41. The summed E-state index contributed by atoms with van der Waals surface area (Å²) >= 11 is 6.97. The molecule has 1 atom stereocenters. The highest BCUT2D eigenvalue weighted by Gasteiger charge is 2.12. The Morgan fingerprint density at radius 2 is 2.21 bits per heavy atom. The number of aromatic amines is 1. The number of H-pyrrole nitrogens is 1. The lowest BCUT2D eigenvalue weighted by atomic mass is 10.2. The molecular weight excluding hydrogens is 376 g/mol. The van der Waals surface area contributed by atoms with E-state index in [0.717, 1.165) is 26.1 Å². The molecule has 1 aromatic heterocycles. The standard InChI is InChI=1S/C12H14Br2N4O/c1-7(12-16-6-17-18-12)15-5-8-3-9(13)4-10(14)11(8)19-2/h3-4,6-7,15H,5H2,1-2H3,(H,16,17,18). The minimum absolute atomic E-state index is 0.0879. The maximum Gasteiger partial charge on any atom is 0.141 e. The first-order valence-corrected chi connectivity index (χ1v) is 7.31. The van der Waals surface area contributed by atoms with Gasteiger partial charge in [-0.2, -0.15) is 5.10 Å². The summed E-state index contributed by atoms with van der Waals surface area (Å²) in [6.07, 6.45) is 1.50. The molecular formula is C12H14Br2N4O. The molecule has 1 aromatic carbocycles. The molecule has 2 rings (SSSR count). The van der Waals surface area contributed by atoms with Crippen LogP contribution in [-0.4, -0.2) is 22.3 Å². The van der Waals surface area contributed by atoms with Crippen LogP contribution in [0.5, 0.6) is 5.75 Å². The number of rotatable bonds is 5.